The highest BCUT2D eigenvalue weighted by molar-refractivity contribution is 6.31. The third-order valence-corrected chi connectivity index (χ3v) is 3.35. The molecule has 0 saturated heterocycles. The SMILES string of the molecule is CCC(C)Nc1ccc(NC(=O)c2cccc(Cl)c2)nc1. The van der Waals surface area contributed by atoms with E-state index in [2.05, 4.69) is 29.5 Å². The first-order valence-corrected chi connectivity index (χ1v) is 7.25. The Kier molecular flexibility index (Phi) is 5.17. The highest BCUT2D eigenvalue weighted by Gasteiger charge is 2.07. The molecular weight excluding hydrogens is 286 g/mol. The van der Waals surface area contributed by atoms with E-state index in [1.165, 1.54) is 0 Å². The van der Waals surface area contributed by atoms with Crippen molar-refractivity contribution in [3.63, 3.8) is 0 Å². The molecule has 0 aliphatic rings. The van der Waals surface area contributed by atoms with Crippen molar-refractivity contribution < 1.29 is 4.79 Å². The number of pyridine rings is 1. The molecule has 0 fully saturated rings. The minimum atomic E-state index is -0.229. The van der Waals surface area contributed by atoms with Gasteiger partial charge in [-0.2, -0.15) is 0 Å². The molecule has 0 saturated carbocycles. The number of nitrogens with zero attached hydrogens (tertiary/aromatic N) is 1. The lowest BCUT2D eigenvalue weighted by molar-refractivity contribution is 0.102. The van der Waals surface area contributed by atoms with Crippen LogP contribution in [-0.2, 0) is 0 Å². The van der Waals surface area contributed by atoms with Crippen molar-refractivity contribution in [3.05, 3.63) is 53.2 Å². The van der Waals surface area contributed by atoms with Gasteiger partial charge in [0, 0.05) is 16.6 Å². The van der Waals surface area contributed by atoms with E-state index < -0.39 is 0 Å². The molecule has 1 heterocycles. The summed E-state index contributed by atoms with van der Waals surface area (Å²) in [7, 11) is 0. The van der Waals surface area contributed by atoms with Crippen molar-refractivity contribution in [3.8, 4) is 0 Å². The molecule has 0 bridgehead atoms. The zero-order valence-corrected chi connectivity index (χ0v) is 12.8. The monoisotopic (exact) mass is 303 g/mol. The van der Waals surface area contributed by atoms with Crippen LogP contribution in [0.3, 0.4) is 0 Å². The number of anilines is 2. The van der Waals surface area contributed by atoms with Gasteiger partial charge in [0.1, 0.15) is 5.82 Å². The van der Waals surface area contributed by atoms with E-state index in [-0.39, 0.29) is 5.91 Å². The van der Waals surface area contributed by atoms with Crippen molar-refractivity contribution in [1.29, 1.82) is 0 Å². The summed E-state index contributed by atoms with van der Waals surface area (Å²) in [5, 5.41) is 6.59. The zero-order valence-electron chi connectivity index (χ0n) is 12.1. The molecule has 1 aromatic heterocycles. The highest BCUT2D eigenvalue weighted by Crippen LogP contribution is 2.14. The predicted molar refractivity (Wildman–Crippen MR) is 87.0 cm³/mol. The van der Waals surface area contributed by atoms with E-state index in [9.17, 15) is 4.79 Å². The lowest BCUT2D eigenvalue weighted by Gasteiger charge is -2.13. The number of rotatable bonds is 5. The van der Waals surface area contributed by atoms with E-state index in [0.717, 1.165) is 12.1 Å². The highest BCUT2D eigenvalue weighted by atomic mass is 35.5. The van der Waals surface area contributed by atoms with Gasteiger partial charge >= 0.3 is 0 Å². The van der Waals surface area contributed by atoms with Crippen LogP contribution in [0.5, 0.6) is 0 Å². The number of amides is 1. The number of nitrogens with one attached hydrogen (secondary N) is 2. The Labute approximate surface area is 129 Å². The molecule has 1 aromatic carbocycles. The maximum absolute atomic E-state index is 12.0. The summed E-state index contributed by atoms with van der Waals surface area (Å²) in [5.41, 5.74) is 1.44. The number of aromatic nitrogens is 1. The molecule has 1 amide bonds. The van der Waals surface area contributed by atoms with E-state index in [4.69, 9.17) is 11.6 Å². The number of carbonyl (C=O) groups is 1. The molecule has 0 spiro atoms. The van der Waals surface area contributed by atoms with Crippen molar-refractivity contribution in [2.24, 2.45) is 0 Å². The van der Waals surface area contributed by atoms with Crippen LogP contribution < -0.4 is 10.6 Å². The molecule has 5 heteroatoms. The summed E-state index contributed by atoms with van der Waals surface area (Å²) in [6.07, 6.45) is 2.74. The smallest absolute Gasteiger partial charge is 0.256 e. The third-order valence-electron chi connectivity index (χ3n) is 3.12. The quantitative estimate of drug-likeness (QED) is 0.870. The third kappa shape index (κ3) is 4.46. The molecule has 0 aliphatic carbocycles. The second-order valence-corrected chi connectivity index (χ2v) is 5.29. The van der Waals surface area contributed by atoms with Crippen LogP contribution in [0.2, 0.25) is 5.02 Å². The van der Waals surface area contributed by atoms with E-state index in [1.54, 1.807) is 36.5 Å². The summed E-state index contributed by atoms with van der Waals surface area (Å²) in [4.78, 5) is 16.3. The molecule has 0 aliphatic heterocycles. The summed E-state index contributed by atoms with van der Waals surface area (Å²) in [5.74, 6) is 0.280. The first-order chi connectivity index (χ1) is 10.1. The van der Waals surface area contributed by atoms with Crippen molar-refractivity contribution >= 4 is 29.0 Å². The molecule has 110 valence electrons. The fourth-order valence-electron chi connectivity index (χ4n) is 1.76. The van der Waals surface area contributed by atoms with Crippen LogP contribution in [0.1, 0.15) is 30.6 Å². The summed E-state index contributed by atoms with van der Waals surface area (Å²) < 4.78 is 0. The van der Waals surface area contributed by atoms with Crippen LogP contribution >= 0.6 is 11.6 Å². The van der Waals surface area contributed by atoms with Gasteiger partial charge in [0.2, 0.25) is 0 Å². The first kappa shape index (κ1) is 15.3. The topological polar surface area (TPSA) is 54.0 Å². The molecule has 1 unspecified atom stereocenters. The summed E-state index contributed by atoms with van der Waals surface area (Å²) in [6, 6.07) is 10.9. The molecule has 2 aromatic rings. The van der Waals surface area contributed by atoms with Gasteiger partial charge in [0.25, 0.3) is 5.91 Å². The Hall–Kier alpha value is -2.07. The minimum Gasteiger partial charge on any atom is -0.381 e. The summed E-state index contributed by atoms with van der Waals surface area (Å²) >= 11 is 5.87. The molecule has 0 radical (unpaired) electrons. The Morgan fingerprint density at radius 3 is 2.76 bits per heavy atom. The van der Waals surface area contributed by atoms with Gasteiger partial charge in [-0.3, -0.25) is 4.79 Å². The largest absolute Gasteiger partial charge is 0.381 e. The van der Waals surface area contributed by atoms with Gasteiger partial charge in [-0.25, -0.2) is 4.98 Å². The van der Waals surface area contributed by atoms with E-state index >= 15 is 0 Å². The van der Waals surface area contributed by atoms with Gasteiger partial charge < -0.3 is 10.6 Å². The number of carbonyl (C=O) groups excluding carboxylic acids is 1. The second kappa shape index (κ2) is 7.09. The number of benzene rings is 1. The van der Waals surface area contributed by atoms with Crippen LogP contribution in [-0.4, -0.2) is 16.9 Å². The van der Waals surface area contributed by atoms with E-state index in [0.29, 0.717) is 22.4 Å². The average molecular weight is 304 g/mol. The fourth-order valence-corrected chi connectivity index (χ4v) is 1.95. The lowest BCUT2D eigenvalue weighted by Crippen LogP contribution is -2.15. The first-order valence-electron chi connectivity index (χ1n) is 6.88. The Balaban J connectivity index is 2.01. The van der Waals surface area contributed by atoms with Crippen LogP contribution in [0, 0.1) is 0 Å². The van der Waals surface area contributed by atoms with E-state index in [1.807, 2.05) is 6.07 Å². The Bertz CT molecular complexity index is 613. The maximum atomic E-state index is 12.0. The second-order valence-electron chi connectivity index (χ2n) is 4.85. The van der Waals surface area contributed by atoms with Gasteiger partial charge in [0.15, 0.2) is 0 Å². The van der Waals surface area contributed by atoms with Gasteiger partial charge in [0.05, 0.1) is 11.9 Å². The Morgan fingerprint density at radius 2 is 2.14 bits per heavy atom. The fraction of sp³-hybridized carbons (Fsp3) is 0.250. The minimum absolute atomic E-state index is 0.229. The number of hydrogen-bond acceptors (Lipinski definition) is 3. The number of halogens is 1. The lowest BCUT2D eigenvalue weighted by atomic mass is 10.2. The van der Waals surface area contributed by atoms with Gasteiger partial charge in [-0.1, -0.05) is 24.6 Å². The molecular formula is C16H18ClN3O. The van der Waals surface area contributed by atoms with Crippen LogP contribution in [0.4, 0.5) is 11.5 Å². The molecule has 4 nitrogen and oxygen atoms in total. The van der Waals surface area contributed by atoms with Crippen molar-refractivity contribution in [2.45, 2.75) is 26.3 Å². The Morgan fingerprint density at radius 1 is 1.33 bits per heavy atom. The van der Waals surface area contributed by atoms with Crippen LogP contribution in [0.25, 0.3) is 0 Å². The normalized spacial score (nSPS) is 11.8. The van der Waals surface area contributed by atoms with Gasteiger partial charge in [-0.05, 0) is 43.7 Å². The molecule has 1 atom stereocenters. The van der Waals surface area contributed by atoms with Gasteiger partial charge in [-0.15, -0.1) is 0 Å². The molecule has 2 N–H and O–H groups in total. The summed E-state index contributed by atoms with van der Waals surface area (Å²) in [6.45, 7) is 4.22. The average Bonchev–Trinajstić information content (AvgIpc) is 2.49. The maximum Gasteiger partial charge on any atom is 0.256 e. The van der Waals surface area contributed by atoms with Crippen LogP contribution in [0.15, 0.2) is 42.6 Å². The number of hydrogen-bond donors (Lipinski definition) is 2. The van der Waals surface area contributed by atoms with Crippen molar-refractivity contribution in [2.75, 3.05) is 10.6 Å². The van der Waals surface area contributed by atoms with Crippen molar-refractivity contribution in [1.82, 2.24) is 4.98 Å². The predicted octanol–water partition coefficient (Wildman–Crippen LogP) is 4.20. The standard InChI is InChI=1S/C16H18ClN3O/c1-3-11(2)19-14-7-8-15(18-10-14)20-16(21)12-5-4-6-13(17)9-12/h4-11,19H,3H2,1-2H3,(H,18,20,21). The molecule has 2 rings (SSSR count). The molecule has 21 heavy (non-hydrogen) atoms. The zero-order chi connectivity index (χ0) is 15.2.